The summed E-state index contributed by atoms with van der Waals surface area (Å²) in [7, 11) is 0. The van der Waals surface area contributed by atoms with E-state index in [1.54, 1.807) is 0 Å². The summed E-state index contributed by atoms with van der Waals surface area (Å²) in [5, 5.41) is 2.88. The van der Waals surface area contributed by atoms with E-state index in [4.69, 9.17) is 5.73 Å². The maximum absolute atomic E-state index is 11.1. The van der Waals surface area contributed by atoms with Gasteiger partial charge in [0.05, 0.1) is 11.4 Å². The molecule has 1 atom stereocenters. The van der Waals surface area contributed by atoms with Gasteiger partial charge in [0.25, 0.3) is 0 Å². The highest BCUT2D eigenvalue weighted by Crippen LogP contribution is 2.16. The van der Waals surface area contributed by atoms with Gasteiger partial charge in [-0.3, -0.25) is 4.79 Å². The molecule has 1 unspecified atom stereocenters. The number of thiocarbonyl (C=S) groups is 1. The summed E-state index contributed by atoms with van der Waals surface area (Å²) in [5.74, 6) is 2.11. The summed E-state index contributed by atoms with van der Waals surface area (Å²) in [5.41, 5.74) is 5.23. The van der Waals surface area contributed by atoms with Crippen LogP contribution >= 0.6 is 24.0 Å². The Morgan fingerprint density at radius 2 is 2.50 bits per heavy atom. The minimum atomic E-state index is -0.0463. The summed E-state index contributed by atoms with van der Waals surface area (Å²) < 4.78 is 0. The first-order valence-electron chi connectivity index (χ1n) is 3.84. The minimum absolute atomic E-state index is 0.0463. The van der Waals surface area contributed by atoms with Crippen LogP contribution in [0.15, 0.2) is 0 Å². The SMILES string of the molecule is NC(=S)CC(=O)NC1CCSC1. The van der Waals surface area contributed by atoms with E-state index in [1.807, 2.05) is 11.8 Å². The van der Waals surface area contributed by atoms with Crippen molar-refractivity contribution in [3.8, 4) is 0 Å². The fraction of sp³-hybridized carbons (Fsp3) is 0.714. The van der Waals surface area contributed by atoms with E-state index in [1.165, 1.54) is 0 Å². The lowest BCUT2D eigenvalue weighted by molar-refractivity contribution is -0.120. The van der Waals surface area contributed by atoms with Gasteiger partial charge in [-0.25, -0.2) is 0 Å². The zero-order valence-electron chi connectivity index (χ0n) is 6.71. The normalized spacial score (nSPS) is 22.2. The Bertz CT molecular complexity index is 190. The molecule has 0 bridgehead atoms. The molecule has 0 radical (unpaired) electrons. The van der Waals surface area contributed by atoms with Gasteiger partial charge in [0, 0.05) is 11.8 Å². The number of carbonyl (C=O) groups is 1. The van der Waals surface area contributed by atoms with Crippen LogP contribution in [0.5, 0.6) is 0 Å². The highest BCUT2D eigenvalue weighted by Gasteiger charge is 2.17. The van der Waals surface area contributed by atoms with Crippen molar-refractivity contribution in [2.24, 2.45) is 5.73 Å². The molecule has 1 aliphatic rings. The monoisotopic (exact) mass is 204 g/mol. The molecule has 1 fully saturated rings. The number of amides is 1. The summed E-state index contributed by atoms with van der Waals surface area (Å²) in [6.45, 7) is 0. The van der Waals surface area contributed by atoms with Crippen molar-refractivity contribution in [3.63, 3.8) is 0 Å². The molecule has 0 aromatic heterocycles. The van der Waals surface area contributed by atoms with Crippen LogP contribution in [-0.2, 0) is 4.79 Å². The van der Waals surface area contributed by atoms with Crippen molar-refractivity contribution in [1.29, 1.82) is 0 Å². The third-order valence-electron chi connectivity index (χ3n) is 1.63. The van der Waals surface area contributed by atoms with Crippen LogP contribution in [0.2, 0.25) is 0 Å². The van der Waals surface area contributed by atoms with Gasteiger partial charge in [0.2, 0.25) is 5.91 Å². The van der Waals surface area contributed by atoms with Crippen molar-refractivity contribution in [2.75, 3.05) is 11.5 Å². The van der Waals surface area contributed by atoms with Crippen molar-refractivity contribution in [1.82, 2.24) is 5.32 Å². The molecule has 1 saturated heterocycles. The molecule has 0 saturated carbocycles. The summed E-state index contributed by atoms with van der Waals surface area (Å²) >= 11 is 6.49. The molecule has 3 N–H and O–H groups in total. The van der Waals surface area contributed by atoms with Gasteiger partial charge >= 0.3 is 0 Å². The molecule has 12 heavy (non-hydrogen) atoms. The molecule has 1 heterocycles. The third kappa shape index (κ3) is 3.40. The van der Waals surface area contributed by atoms with Gasteiger partial charge in [-0.1, -0.05) is 12.2 Å². The van der Waals surface area contributed by atoms with Crippen LogP contribution in [-0.4, -0.2) is 28.4 Å². The highest BCUT2D eigenvalue weighted by atomic mass is 32.2. The molecule has 68 valence electrons. The molecule has 1 rings (SSSR count). The number of nitrogens with two attached hydrogens (primary N) is 1. The Hall–Kier alpha value is -0.290. The molecule has 0 aromatic rings. The summed E-state index contributed by atoms with van der Waals surface area (Å²) in [4.78, 5) is 11.4. The van der Waals surface area contributed by atoms with E-state index in [0.717, 1.165) is 17.9 Å². The third-order valence-corrected chi connectivity index (χ3v) is 2.94. The van der Waals surface area contributed by atoms with Crippen LogP contribution in [0.25, 0.3) is 0 Å². The van der Waals surface area contributed by atoms with Gasteiger partial charge in [-0.15, -0.1) is 0 Å². The Morgan fingerprint density at radius 3 is 3.00 bits per heavy atom. The van der Waals surface area contributed by atoms with Crippen molar-refractivity contribution >= 4 is 34.9 Å². The number of nitrogens with one attached hydrogen (secondary N) is 1. The first-order chi connectivity index (χ1) is 5.68. The van der Waals surface area contributed by atoms with Gasteiger partial charge in [-0.2, -0.15) is 11.8 Å². The maximum Gasteiger partial charge on any atom is 0.227 e. The molecule has 0 spiro atoms. The van der Waals surface area contributed by atoms with Crippen molar-refractivity contribution in [2.45, 2.75) is 18.9 Å². The summed E-state index contributed by atoms with van der Waals surface area (Å²) in [6, 6.07) is 0.330. The van der Waals surface area contributed by atoms with E-state index in [0.29, 0.717) is 6.04 Å². The molecular weight excluding hydrogens is 192 g/mol. The molecule has 1 amide bonds. The van der Waals surface area contributed by atoms with Gasteiger partial charge in [0.1, 0.15) is 0 Å². The second-order valence-electron chi connectivity index (χ2n) is 2.77. The highest BCUT2D eigenvalue weighted by molar-refractivity contribution is 7.99. The average Bonchev–Trinajstić information content (AvgIpc) is 2.37. The number of carbonyl (C=O) groups excluding carboxylic acids is 1. The maximum atomic E-state index is 11.1. The average molecular weight is 204 g/mol. The zero-order chi connectivity index (χ0) is 8.97. The van der Waals surface area contributed by atoms with Gasteiger partial charge in [-0.05, 0) is 12.2 Å². The van der Waals surface area contributed by atoms with Crippen LogP contribution < -0.4 is 11.1 Å². The van der Waals surface area contributed by atoms with Crippen molar-refractivity contribution < 1.29 is 4.79 Å². The fourth-order valence-electron chi connectivity index (χ4n) is 1.09. The van der Waals surface area contributed by atoms with Crippen molar-refractivity contribution in [3.05, 3.63) is 0 Å². The van der Waals surface area contributed by atoms with Gasteiger partial charge in [0.15, 0.2) is 0 Å². The van der Waals surface area contributed by atoms with Crippen LogP contribution in [0, 0.1) is 0 Å². The minimum Gasteiger partial charge on any atom is -0.393 e. The molecular formula is C7H12N2OS2. The summed E-state index contributed by atoms with van der Waals surface area (Å²) in [6.07, 6.45) is 1.24. The first kappa shape index (κ1) is 9.80. The lowest BCUT2D eigenvalue weighted by Crippen LogP contribution is -2.36. The van der Waals surface area contributed by atoms with E-state index >= 15 is 0 Å². The quantitative estimate of drug-likeness (QED) is 0.649. The van der Waals surface area contributed by atoms with E-state index in [-0.39, 0.29) is 17.3 Å². The van der Waals surface area contributed by atoms with Gasteiger partial charge < -0.3 is 11.1 Å². The molecule has 5 heteroatoms. The van der Waals surface area contributed by atoms with Crippen LogP contribution in [0.1, 0.15) is 12.8 Å². The van der Waals surface area contributed by atoms with E-state index in [2.05, 4.69) is 17.5 Å². The van der Waals surface area contributed by atoms with E-state index < -0.39 is 0 Å². The zero-order valence-corrected chi connectivity index (χ0v) is 8.34. The smallest absolute Gasteiger partial charge is 0.227 e. The Balaban J connectivity index is 2.20. The van der Waals surface area contributed by atoms with E-state index in [9.17, 15) is 4.79 Å². The number of hydrogen-bond donors (Lipinski definition) is 2. The lowest BCUT2D eigenvalue weighted by atomic mass is 10.2. The second kappa shape index (κ2) is 4.67. The Kier molecular flexibility index (Phi) is 3.81. The second-order valence-corrected chi connectivity index (χ2v) is 4.45. The lowest BCUT2D eigenvalue weighted by Gasteiger charge is -2.09. The fourth-order valence-corrected chi connectivity index (χ4v) is 2.37. The number of rotatable bonds is 3. The standard InChI is InChI=1S/C7H12N2OS2/c8-6(11)3-7(10)9-5-1-2-12-4-5/h5H,1-4H2,(H2,8,11)(H,9,10). The largest absolute Gasteiger partial charge is 0.393 e. The first-order valence-corrected chi connectivity index (χ1v) is 5.40. The predicted molar refractivity (Wildman–Crippen MR) is 55.3 cm³/mol. The van der Waals surface area contributed by atoms with Crippen LogP contribution in [0.4, 0.5) is 0 Å². The molecule has 1 aliphatic heterocycles. The predicted octanol–water partition coefficient (Wildman–Crippen LogP) is 0.284. The topological polar surface area (TPSA) is 55.1 Å². The Morgan fingerprint density at radius 1 is 1.75 bits per heavy atom. The number of thioether (sulfide) groups is 1. The molecule has 0 aromatic carbocycles. The molecule has 0 aliphatic carbocycles. The number of hydrogen-bond acceptors (Lipinski definition) is 3. The molecule has 3 nitrogen and oxygen atoms in total. The Labute approximate surface area is 81.5 Å². The van der Waals surface area contributed by atoms with Crippen LogP contribution in [0.3, 0.4) is 0 Å².